The second-order valence-corrected chi connectivity index (χ2v) is 3.76. The molecule has 2 rings (SSSR count). The standard InChI is InChI=1S/C9H16N4/c10-5-7-3-1-2-4-8(7)9-11-6-12-13-9/h6-8H,1-5,10H2,(H,11,12,13). The average molecular weight is 180 g/mol. The molecule has 1 saturated carbocycles. The first-order valence-electron chi connectivity index (χ1n) is 4.97. The van der Waals surface area contributed by atoms with Crippen molar-refractivity contribution >= 4 is 0 Å². The number of hydrogen-bond donors (Lipinski definition) is 2. The van der Waals surface area contributed by atoms with E-state index in [-0.39, 0.29) is 0 Å². The van der Waals surface area contributed by atoms with Gasteiger partial charge in [-0.15, -0.1) is 0 Å². The Bertz CT molecular complexity index is 244. The van der Waals surface area contributed by atoms with Gasteiger partial charge < -0.3 is 5.73 Å². The summed E-state index contributed by atoms with van der Waals surface area (Å²) in [5.41, 5.74) is 5.74. The van der Waals surface area contributed by atoms with Gasteiger partial charge in [-0.1, -0.05) is 12.8 Å². The fraction of sp³-hybridized carbons (Fsp3) is 0.778. The van der Waals surface area contributed by atoms with Crippen LogP contribution in [0.2, 0.25) is 0 Å². The molecule has 0 radical (unpaired) electrons. The fourth-order valence-electron chi connectivity index (χ4n) is 2.24. The Morgan fingerprint density at radius 2 is 2.31 bits per heavy atom. The highest BCUT2D eigenvalue weighted by atomic mass is 15.2. The molecular weight excluding hydrogens is 164 g/mol. The fourth-order valence-corrected chi connectivity index (χ4v) is 2.24. The Labute approximate surface area is 77.9 Å². The van der Waals surface area contributed by atoms with Gasteiger partial charge in [-0.25, -0.2) is 4.98 Å². The largest absolute Gasteiger partial charge is 0.330 e. The van der Waals surface area contributed by atoms with E-state index in [0.717, 1.165) is 12.4 Å². The molecular formula is C9H16N4. The third kappa shape index (κ3) is 1.72. The summed E-state index contributed by atoms with van der Waals surface area (Å²) >= 11 is 0. The van der Waals surface area contributed by atoms with Gasteiger partial charge in [-0.05, 0) is 25.3 Å². The van der Waals surface area contributed by atoms with Gasteiger partial charge in [0.05, 0.1) is 0 Å². The van der Waals surface area contributed by atoms with Crippen molar-refractivity contribution in [2.75, 3.05) is 6.54 Å². The summed E-state index contributed by atoms with van der Waals surface area (Å²) in [7, 11) is 0. The zero-order valence-corrected chi connectivity index (χ0v) is 7.74. The second-order valence-electron chi connectivity index (χ2n) is 3.76. The highest BCUT2D eigenvalue weighted by Crippen LogP contribution is 2.35. The monoisotopic (exact) mass is 180 g/mol. The smallest absolute Gasteiger partial charge is 0.137 e. The number of hydrogen-bond acceptors (Lipinski definition) is 3. The van der Waals surface area contributed by atoms with Crippen LogP contribution in [-0.2, 0) is 0 Å². The van der Waals surface area contributed by atoms with Crippen molar-refractivity contribution in [1.29, 1.82) is 0 Å². The summed E-state index contributed by atoms with van der Waals surface area (Å²) in [6, 6.07) is 0. The van der Waals surface area contributed by atoms with Gasteiger partial charge in [0.1, 0.15) is 12.2 Å². The van der Waals surface area contributed by atoms with Crippen LogP contribution in [0.25, 0.3) is 0 Å². The van der Waals surface area contributed by atoms with E-state index < -0.39 is 0 Å². The van der Waals surface area contributed by atoms with E-state index in [0.29, 0.717) is 11.8 Å². The molecule has 0 bridgehead atoms. The summed E-state index contributed by atoms with van der Waals surface area (Å²) in [6.07, 6.45) is 6.63. The quantitative estimate of drug-likeness (QED) is 0.714. The SMILES string of the molecule is NCC1CCCCC1c1ncn[nH]1. The van der Waals surface area contributed by atoms with Crippen LogP contribution in [0.1, 0.15) is 37.4 Å². The van der Waals surface area contributed by atoms with Crippen molar-refractivity contribution in [3.63, 3.8) is 0 Å². The van der Waals surface area contributed by atoms with Gasteiger partial charge in [-0.3, -0.25) is 5.10 Å². The van der Waals surface area contributed by atoms with Crippen LogP contribution < -0.4 is 5.73 Å². The van der Waals surface area contributed by atoms with E-state index >= 15 is 0 Å². The number of aromatic nitrogens is 3. The third-order valence-electron chi connectivity index (χ3n) is 3.00. The number of nitrogens with zero attached hydrogens (tertiary/aromatic N) is 2. The maximum Gasteiger partial charge on any atom is 0.137 e. The summed E-state index contributed by atoms with van der Waals surface area (Å²) in [5, 5.41) is 6.84. The minimum Gasteiger partial charge on any atom is -0.330 e. The maximum atomic E-state index is 5.74. The summed E-state index contributed by atoms with van der Waals surface area (Å²) in [6.45, 7) is 0.769. The van der Waals surface area contributed by atoms with Crippen molar-refractivity contribution in [3.8, 4) is 0 Å². The Balaban J connectivity index is 2.11. The van der Waals surface area contributed by atoms with Crippen LogP contribution in [0.4, 0.5) is 0 Å². The van der Waals surface area contributed by atoms with E-state index in [2.05, 4.69) is 15.2 Å². The molecule has 0 spiro atoms. The predicted octanol–water partition coefficient (Wildman–Crippen LogP) is 1.04. The van der Waals surface area contributed by atoms with Crippen molar-refractivity contribution in [2.24, 2.45) is 11.7 Å². The summed E-state index contributed by atoms with van der Waals surface area (Å²) < 4.78 is 0. The van der Waals surface area contributed by atoms with E-state index in [1.54, 1.807) is 6.33 Å². The molecule has 1 aliphatic carbocycles. The molecule has 2 unspecified atom stereocenters. The molecule has 1 aromatic rings. The van der Waals surface area contributed by atoms with E-state index in [1.165, 1.54) is 25.7 Å². The maximum absolute atomic E-state index is 5.74. The molecule has 1 heterocycles. The average Bonchev–Trinajstić information content (AvgIpc) is 2.70. The summed E-state index contributed by atoms with van der Waals surface area (Å²) in [4.78, 5) is 4.22. The van der Waals surface area contributed by atoms with E-state index in [4.69, 9.17) is 5.73 Å². The van der Waals surface area contributed by atoms with Crippen LogP contribution in [0, 0.1) is 5.92 Å². The lowest BCUT2D eigenvalue weighted by molar-refractivity contribution is 0.305. The van der Waals surface area contributed by atoms with Gasteiger partial charge in [0.15, 0.2) is 0 Å². The molecule has 13 heavy (non-hydrogen) atoms. The molecule has 1 aromatic heterocycles. The lowest BCUT2D eigenvalue weighted by Crippen LogP contribution is -2.26. The van der Waals surface area contributed by atoms with Gasteiger partial charge in [0.2, 0.25) is 0 Å². The Hall–Kier alpha value is -0.900. The van der Waals surface area contributed by atoms with Crippen LogP contribution in [-0.4, -0.2) is 21.7 Å². The zero-order chi connectivity index (χ0) is 9.10. The van der Waals surface area contributed by atoms with Crippen LogP contribution in [0.5, 0.6) is 0 Å². The van der Waals surface area contributed by atoms with Crippen molar-refractivity contribution in [2.45, 2.75) is 31.6 Å². The van der Waals surface area contributed by atoms with E-state index in [1.807, 2.05) is 0 Å². The highest BCUT2D eigenvalue weighted by Gasteiger charge is 2.27. The highest BCUT2D eigenvalue weighted by molar-refractivity contribution is 4.98. The molecule has 4 nitrogen and oxygen atoms in total. The molecule has 0 amide bonds. The molecule has 0 saturated heterocycles. The number of H-pyrrole nitrogens is 1. The zero-order valence-electron chi connectivity index (χ0n) is 7.74. The molecule has 1 aliphatic rings. The van der Waals surface area contributed by atoms with Crippen LogP contribution >= 0.6 is 0 Å². The van der Waals surface area contributed by atoms with Gasteiger partial charge in [0, 0.05) is 5.92 Å². The first kappa shape index (κ1) is 8.69. The van der Waals surface area contributed by atoms with Crippen LogP contribution in [0.3, 0.4) is 0 Å². The molecule has 1 fully saturated rings. The first-order chi connectivity index (χ1) is 6.42. The molecule has 2 atom stereocenters. The molecule has 0 aromatic carbocycles. The first-order valence-corrected chi connectivity index (χ1v) is 4.97. The lowest BCUT2D eigenvalue weighted by atomic mass is 9.79. The van der Waals surface area contributed by atoms with Crippen molar-refractivity contribution in [3.05, 3.63) is 12.2 Å². The number of aromatic amines is 1. The van der Waals surface area contributed by atoms with Gasteiger partial charge >= 0.3 is 0 Å². The van der Waals surface area contributed by atoms with E-state index in [9.17, 15) is 0 Å². The minimum absolute atomic E-state index is 0.515. The Morgan fingerprint density at radius 3 is 3.00 bits per heavy atom. The number of rotatable bonds is 2. The number of nitrogens with one attached hydrogen (secondary N) is 1. The van der Waals surface area contributed by atoms with Crippen molar-refractivity contribution < 1.29 is 0 Å². The van der Waals surface area contributed by atoms with Crippen LogP contribution in [0.15, 0.2) is 6.33 Å². The lowest BCUT2D eigenvalue weighted by Gasteiger charge is -2.28. The normalized spacial score (nSPS) is 29.0. The van der Waals surface area contributed by atoms with Gasteiger partial charge in [0.25, 0.3) is 0 Å². The number of nitrogens with two attached hydrogens (primary N) is 1. The molecule has 3 N–H and O–H groups in total. The van der Waals surface area contributed by atoms with Crippen molar-refractivity contribution in [1.82, 2.24) is 15.2 Å². The predicted molar refractivity (Wildman–Crippen MR) is 50.1 cm³/mol. The van der Waals surface area contributed by atoms with Gasteiger partial charge in [-0.2, -0.15) is 5.10 Å². The Kier molecular flexibility index (Phi) is 2.59. The second kappa shape index (κ2) is 3.87. The third-order valence-corrected chi connectivity index (χ3v) is 3.00. The molecule has 4 heteroatoms. The minimum atomic E-state index is 0.515. The molecule has 72 valence electrons. The topological polar surface area (TPSA) is 67.6 Å². The Morgan fingerprint density at radius 1 is 1.46 bits per heavy atom. The molecule has 0 aliphatic heterocycles. The summed E-state index contributed by atoms with van der Waals surface area (Å²) in [5.74, 6) is 2.14.